The van der Waals surface area contributed by atoms with Gasteiger partial charge in [0.25, 0.3) is 0 Å². The Morgan fingerprint density at radius 2 is 2.00 bits per heavy atom. The maximum atomic E-state index is 13.3. The summed E-state index contributed by atoms with van der Waals surface area (Å²) >= 11 is 0. The van der Waals surface area contributed by atoms with Gasteiger partial charge in [0, 0.05) is 11.8 Å². The van der Waals surface area contributed by atoms with E-state index in [2.05, 4.69) is 18.1 Å². The predicted octanol–water partition coefficient (Wildman–Crippen LogP) is 4.39. The molecule has 1 aromatic rings. The van der Waals surface area contributed by atoms with E-state index in [1.54, 1.807) is 0 Å². The Labute approximate surface area is 177 Å². The van der Waals surface area contributed by atoms with E-state index in [1.807, 2.05) is 6.92 Å². The predicted molar refractivity (Wildman–Crippen MR) is 111 cm³/mol. The molecule has 0 saturated heterocycles. The highest BCUT2D eigenvalue weighted by molar-refractivity contribution is 5.87. The molecule has 30 heavy (non-hydrogen) atoms. The summed E-state index contributed by atoms with van der Waals surface area (Å²) in [6, 6.07) is 0. The Bertz CT molecular complexity index is 920. The van der Waals surface area contributed by atoms with Crippen molar-refractivity contribution in [3.05, 3.63) is 29.9 Å². The third-order valence-electron chi connectivity index (χ3n) is 9.80. The zero-order valence-corrected chi connectivity index (χ0v) is 18.1. The van der Waals surface area contributed by atoms with E-state index in [4.69, 9.17) is 0 Å². The van der Waals surface area contributed by atoms with E-state index < -0.39 is 5.60 Å². The van der Waals surface area contributed by atoms with Gasteiger partial charge in [-0.3, -0.25) is 9.48 Å². The van der Waals surface area contributed by atoms with Gasteiger partial charge in [-0.1, -0.05) is 18.6 Å². The van der Waals surface area contributed by atoms with Gasteiger partial charge in [0.1, 0.15) is 6.54 Å². The molecule has 6 rings (SSSR count). The Balaban J connectivity index is 1.24. The molecule has 1 aromatic heterocycles. The summed E-state index contributed by atoms with van der Waals surface area (Å²) in [5.74, 6) is 3.85. The lowest BCUT2D eigenvalue weighted by molar-refractivity contribution is -0.133. The van der Waals surface area contributed by atoms with Crippen molar-refractivity contribution in [2.75, 3.05) is 0 Å². The molecule has 162 valence electrons. The summed E-state index contributed by atoms with van der Waals surface area (Å²) in [6.45, 7) is 4.56. The molecule has 0 unspecified atom stereocenters. The van der Waals surface area contributed by atoms with Crippen LogP contribution in [0, 0.1) is 52.7 Å². The number of hydrogen-bond donors (Lipinski definition) is 1. The number of halogens is 1. The number of carbonyl (C=O) groups is 1. The fourth-order valence-corrected chi connectivity index (χ4v) is 8.74. The third kappa shape index (κ3) is 2.73. The Morgan fingerprint density at radius 1 is 1.20 bits per heavy atom. The van der Waals surface area contributed by atoms with Crippen LogP contribution in [0.25, 0.3) is 0 Å². The maximum Gasteiger partial charge on any atom is 0.161 e. The summed E-state index contributed by atoms with van der Waals surface area (Å²) in [7, 11) is 0. The molecule has 0 spiro atoms. The first-order valence-corrected chi connectivity index (χ1v) is 11.9. The molecular formula is C25H33FN2O2. The molecule has 4 nitrogen and oxygen atoms in total. The minimum Gasteiger partial charge on any atom is -0.390 e. The molecule has 0 radical (unpaired) electrons. The number of carbonyl (C=O) groups excluding carboxylic acids is 1. The highest BCUT2D eigenvalue weighted by atomic mass is 19.1. The molecule has 1 heterocycles. The van der Waals surface area contributed by atoms with E-state index in [0.717, 1.165) is 31.1 Å². The fourth-order valence-electron chi connectivity index (χ4n) is 8.74. The van der Waals surface area contributed by atoms with Gasteiger partial charge in [0.05, 0.1) is 18.0 Å². The third-order valence-corrected chi connectivity index (χ3v) is 9.80. The average Bonchev–Trinajstić information content (AvgIpc) is 3.23. The van der Waals surface area contributed by atoms with Crippen LogP contribution >= 0.6 is 0 Å². The number of nitrogens with zero attached hydrogens (tertiary/aromatic N) is 2. The number of hydrogen-bond acceptors (Lipinski definition) is 3. The monoisotopic (exact) mass is 412 g/mol. The molecule has 4 saturated carbocycles. The molecule has 1 N–H and O–H groups in total. The lowest BCUT2D eigenvalue weighted by Gasteiger charge is -2.57. The van der Waals surface area contributed by atoms with Crippen molar-refractivity contribution in [3.8, 4) is 0 Å². The Hall–Kier alpha value is -1.49. The van der Waals surface area contributed by atoms with Crippen molar-refractivity contribution in [2.24, 2.45) is 46.8 Å². The van der Waals surface area contributed by atoms with Crippen LogP contribution in [0.5, 0.6) is 0 Å². The first-order chi connectivity index (χ1) is 14.3. The second kappa shape index (κ2) is 6.27. The molecule has 0 amide bonds. The summed E-state index contributed by atoms with van der Waals surface area (Å²) in [6.07, 6.45) is 12.8. The molecule has 5 aliphatic carbocycles. The Kier molecular flexibility index (Phi) is 4.02. The highest BCUT2D eigenvalue weighted by Crippen LogP contribution is 2.71. The molecule has 0 bridgehead atoms. The van der Waals surface area contributed by atoms with Gasteiger partial charge in [-0.15, -0.1) is 0 Å². The molecular weight excluding hydrogens is 379 g/mol. The van der Waals surface area contributed by atoms with Crippen LogP contribution < -0.4 is 0 Å². The SMILES string of the molecule is C[C@@]1(O)CC[C@H]2[C@H](CC[C@@H]3[C@@H]2CC[C@]2(C)[C@@H](C(=O)Cn4cc(F)cn4)C4=C[C@H]4[C@@H]32)C1. The number of rotatable bonds is 3. The number of Topliss-reactive ketones (excluding diaryl/α,β-unsaturated/α-hetero) is 1. The van der Waals surface area contributed by atoms with Crippen LogP contribution in [-0.4, -0.2) is 26.3 Å². The second-order valence-corrected chi connectivity index (χ2v) is 11.6. The van der Waals surface area contributed by atoms with Crippen molar-refractivity contribution in [3.63, 3.8) is 0 Å². The topological polar surface area (TPSA) is 55.1 Å². The smallest absolute Gasteiger partial charge is 0.161 e. The fraction of sp³-hybridized carbons (Fsp3) is 0.760. The summed E-state index contributed by atoms with van der Waals surface area (Å²) < 4.78 is 14.8. The van der Waals surface area contributed by atoms with Crippen LogP contribution in [0.2, 0.25) is 0 Å². The van der Waals surface area contributed by atoms with E-state index in [-0.39, 0.29) is 29.5 Å². The minimum atomic E-state index is -0.473. The van der Waals surface area contributed by atoms with Gasteiger partial charge in [-0.05, 0) is 86.9 Å². The molecule has 9 atom stereocenters. The number of aliphatic hydroxyl groups is 1. The minimum absolute atomic E-state index is 0.00877. The number of aromatic nitrogens is 2. The lowest BCUT2D eigenvalue weighted by atomic mass is 9.48. The summed E-state index contributed by atoms with van der Waals surface area (Å²) in [4.78, 5) is 13.3. The first-order valence-electron chi connectivity index (χ1n) is 11.9. The van der Waals surface area contributed by atoms with Crippen molar-refractivity contribution in [1.82, 2.24) is 9.78 Å². The van der Waals surface area contributed by atoms with E-state index >= 15 is 0 Å². The van der Waals surface area contributed by atoms with E-state index in [1.165, 1.54) is 48.3 Å². The quantitative estimate of drug-likeness (QED) is 0.750. The van der Waals surface area contributed by atoms with Gasteiger partial charge in [0.2, 0.25) is 0 Å². The molecule has 5 aliphatic rings. The Morgan fingerprint density at radius 3 is 2.77 bits per heavy atom. The van der Waals surface area contributed by atoms with Crippen molar-refractivity contribution in [2.45, 2.75) is 70.9 Å². The molecule has 0 aromatic carbocycles. The maximum absolute atomic E-state index is 13.3. The average molecular weight is 413 g/mol. The van der Waals surface area contributed by atoms with Crippen LogP contribution in [0.4, 0.5) is 4.39 Å². The number of fused-ring (bicyclic) bond motifs is 7. The van der Waals surface area contributed by atoms with Crippen LogP contribution in [0.1, 0.15) is 58.8 Å². The van der Waals surface area contributed by atoms with Gasteiger partial charge in [0.15, 0.2) is 11.6 Å². The van der Waals surface area contributed by atoms with Crippen molar-refractivity contribution < 1.29 is 14.3 Å². The first kappa shape index (κ1) is 19.2. The van der Waals surface area contributed by atoms with E-state index in [9.17, 15) is 14.3 Å². The zero-order chi connectivity index (χ0) is 20.8. The van der Waals surface area contributed by atoms with Crippen LogP contribution in [-0.2, 0) is 11.3 Å². The normalized spacial score (nSPS) is 48.8. The highest BCUT2D eigenvalue weighted by Gasteiger charge is 2.66. The molecule has 0 aliphatic heterocycles. The lowest BCUT2D eigenvalue weighted by Crippen LogP contribution is -2.52. The molecule has 4 fully saturated rings. The van der Waals surface area contributed by atoms with Gasteiger partial charge >= 0.3 is 0 Å². The van der Waals surface area contributed by atoms with Gasteiger partial charge in [-0.2, -0.15) is 5.10 Å². The van der Waals surface area contributed by atoms with Gasteiger partial charge < -0.3 is 5.11 Å². The zero-order valence-electron chi connectivity index (χ0n) is 18.1. The van der Waals surface area contributed by atoms with E-state index in [0.29, 0.717) is 23.7 Å². The van der Waals surface area contributed by atoms with Crippen LogP contribution in [0.15, 0.2) is 24.0 Å². The number of allylic oxidation sites excluding steroid dienone is 2. The second-order valence-electron chi connectivity index (χ2n) is 11.6. The van der Waals surface area contributed by atoms with Gasteiger partial charge in [-0.25, -0.2) is 4.39 Å². The van der Waals surface area contributed by atoms with Crippen molar-refractivity contribution >= 4 is 5.78 Å². The summed E-state index contributed by atoms with van der Waals surface area (Å²) in [5.41, 5.74) is 0.944. The summed E-state index contributed by atoms with van der Waals surface area (Å²) in [5, 5.41) is 14.6. The molecule has 5 heteroatoms. The van der Waals surface area contributed by atoms with Crippen molar-refractivity contribution in [1.29, 1.82) is 0 Å². The van der Waals surface area contributed by atoms with Crippen LogP contribution in [0.3, 0.4) is 0 Å². The number of ketones is 1. The largest absolute Gasteiger partial charge is 0.390 e. The standard InChI is InChI=1S/C25H33FN2O2/c1-24(30)7-5-16-14(10-24)3-4-18-17(16)6-8-25(2)22(18)19-9-20(19)23(25)21(29)13-28-12-15(26)11-27-28/h9,11-12,14,16-19,22-23,30H,3-8,10,13H2,1-2H3/t14-,16+,17-,18-,19-,22-,23-,24-,25+/m1/s1.